The predicted molar refractivity (Wildman–Crippen MR) is 152 cm³/mol. The molecule has 1 amide bonds. The average Bonchev–Trinajstić information content (AvgIpc) is 2.93. The van der Waals surface area contributed by atoms with Gasteiger partial charge in [0.15, 0.2) is 0 Å². The van der Waals surface area contributed by atoms with E-state index in [1.807, 2.05) is 24.3 Å². The third-order valence-corrected chi connectivity index (χ3v) is 8.23. The lowest BCUT2D eigenvalue weighted by atomic mass is 9.56. The highest BCUT2D eigenvalue weighted by molar-refractivity contribution is 6.42. The molecule has 0 aromatic heterocycles. The van der Waals surface area contributed by atoms with Gasteiger partial charge in [-0.3, -0.25) is 19.2 Å². The molecule has 0 bridgehead atoms. The summed E-state index contributed by atoms with van der Waals surface area (Å²) in [5, 5.41) is 24.2. The molecule has 4 rings (SSSR count). The summed E-state index contributed by atoms with van der Waals surface area (Å²) in [6.07, 6.45) is -0.900. The maximum atomic E-state index is 13.4. The zero-order valence-electron chi connectivity index (χ0n) is 22.5. The summed E-state index contributed by atoms with van der Waals surface area (Å²) in [5.41, 5.74) is 0.901. The number of fused-ring (bicyclic) bond motifs is 1. The van der Waals surface area contributed by atoms with Crippen molar-refractivity contribution in [1.82, 2.24) is 5.32 Å². The number of halogens is 2. The number of nitrogens with one attached hydrogen (secondary N) is 1. The van der Waals surface area contributed by atoms with Crippen molar-refractivity contribution in [3.8, 4) is 0 Å². The Hall–Kier alpha value is -4.15. The van der Waals surface area contributed by atoms with E-state index in [2.05, 4.69) is 10.1 Å². The highest BCUT2D eigenvalue weighted by atomic mass is 35.5. The van der Waals surface area contributed by atoms with Crippen LogP contribution < -0.4 is 5.32 Å². The fourth-order valence-corrected chi connectivity index (χ4v) is 5.59. The van der Waals surface area contributed by atoms with Crippen LogP contribution in [0.3, 0.4) is 0 Å². The summed E-state index contributed by atoms with van der Waals surface area (Å²) < 4.78 is 10.5. The van der Waals surface area contributed by atoms with Crippen LogP contribution in [0.1, 0.15) is 22.8 Å². The summed E-state index contributed by atoms with van der Waals surface area (Å²) in [5.74, 6) is -12.0. The van der Waals surface area contributed by atoms with Crippen molar-refractivity contribution >= 4 is 63.8 Å². The summed E-state index contributed by atoms with van der Waals surface area (Å²) in [6.45, 7) is 1.55. The topological polar surface area (TPSA) is 156 Å². The van der Waals surface area contributed by atoms with Crippen molar-refractivity contribution in [2.24, 2.45) is 23.7 Å². The minimum absolute atomic E-state index is 0.0862. The first-order valence-corrected chi connectivity index (χ1v) is 13.7. The number of hydrogen-bond acceptors (Lipinski definition) is 7. The Morgan fingerprint density at radius 3 is 2.10 bits per heavy atom. The zero-order valence-corrected chi connectivity index (χ0v) is 24.0. The van der Waals surface area contributed by atoms with Gasteiger partial charge in [-0.05, 0) is 47.5 Å². The summed E-state index contributed by atoms with van der Waals surface area (Å²) in [6, 6.07) is 16.5. The highest BCUT2D eigenvalue weighted by Gasteiger charge is 2.64. The quantitative estimate of drug-likeness (QED) is 0.284. The number of aliphatic carboxylic acids is 2. The van der Waals surface area contributed by atoms with E-state index in [-0.39, 0.29) is 17.0 Å². The van der Waals surface area contributed by atoms with Gasteiger partial charge in [-0.2, -0.15) is 0 Å². The van der Waals surface area contributed by atoms with Gasteiger partial charge < -0.3 is 25.0 Å². The number of ether oxygens (including phenoxy) is 2. The van der Waals surface area contributed by atoms with Crippen molar-refractivity contribution in [1.29, 1.82) is 0 Å². The van der Waals surface area contributed by atoms with E-state index in [4.69, 9.17) is 27.9 Å². The standard InChI is InChI=1S/C30H27Cl2NO9/c1-14(33-26(34)22-23(27(35)36)24(28(37)38)25(22)30(40)41-2)21(12-15-7-10-19(31)20(32)11-15)42-29(39)18-9-8-16-5-3-4-6-17(16)13-18/h3-11,13-14,21-25H,12H2,1-2H3,(H,33,34)(H,35,36)(H,37,38)/t14-,21+,22-,23-,24-,25-/m0/s1. The minimum atomic E-state index is -1.66. The van der Waals surface area contributed by atoms with Gasteiger partial charge in [0.05, 0.1) is 52.4 Å². The van der Waals surface area contributed by atoms with E-state index in [9.17, 15) is 34.2 Å². The van der Waals surface area contributed by atoms with Crippen LogP contribution >= 0.6 is 23.2 Å². The molecular weight excluding hydrogens is 589 g/mol. The van der Waals surface area contributed by atoms with E-state index < -0.39 is 65.6 Å². The summed E-state index contributed by atoms with van der Waals surface area (Å²) in [7, 11) is 1.02. The van der Waals surface area contributed by atoms with Gasteiger partial charge >= 0.3 is 23.9 Å². The van der Waals surface area contributed by atoms with Crippen molar-refractivity contribution in [3.05, 3.63) is 81.8 Å². The van der Waals surface area contributed by atoms with Crippen molar-refractivity contribution < 1.29 is 43.7 Å². The summed E-state index contributed by atoms with van der Waals surface area (Å²) >= 11 is 12.2. The molecule has 220 valence electrons. The van der Waals surface area contributed by atoms with Crippen LogP contribution in [0.5, 0.6) is 0 Å². The summed E-state index contributed by atoms with van der Waals surface area (Å²) in [4.78, 5) is 62.6. The number of benzene rings is 3. The van der Waals surface area contributed by atoms with Crippen LogP contribution in [-0.4, -0.2) is 59.3 Å². The van der Waals surface area contributed by atoms with E-state index in [0.29, 0.717) is 10.6 Å². The molecule has 1 fully saturated rings. The molecule has 0 heterocycles. The van der Waals surface area contributed by atoms with Crippen LogP contribution in [-0.2, 0) is 35.1 Å². The van der Waals surface area contributed by atoms with Crippen LogP contribution in [0.2, 0.25) is 10.0 Å². The molecule has 1 aliphatic carbocycles. The number of amides is 1. The van der Waals surface area contributed by atoms with Gasteiger partial charge in [0.25, 0.3) is 0 Å². The van der Waals surface area contributed by atoms with Crippen molar-refractivity contribution in [2.75, 3.05) is 7.11 Å². The predicted octanol–water partition coefficient (Wildman–Crippen LogP) is 4.24. The molecule has 0 spiro atoms. The second-order valence-corrected chi connectivity index (χ2v) is 10.9. The first kappa shape index (κ1) is 30.8. The third kappa shape index (κ3) is 6.34. The SMILES string of the molecule is COC(=O)[C@@H]1[C@@H](C(=O)O)[C@@H](C(=O)O)[C@@H]1C(=O)N[C@@H](C)[C@@H](Cc1ccc(Cl)c(Cl)c1)OC(=O)c1ccc2ccccc2c1. The molecule has 1 saturated carbocycles. The lowest BCUT2D eigenvalue weighted by molar-refractivity contribution is -0.188. The van der Waals surface area contributed by atoms with E-state index in [1.54, 1.807) is 43.3 Å². The fraction of sp³-hybridized carbons (Fsp3) is 0.300. The first-order chi connectivity index (χ1) is 19.9. The highest BCUT2D eigenvalue weighted by Crippen LogP contribution is 2.47. The van der Waals surface area contributed by atoms with E-state index in [0.717, 1.165) is 17.9 Å². The molecule has 3 N–H and O–H groups in total. The Kier molecular flexibility index (Phi) is 9.38. The molecule has 0 radical (unpaired) electrons. The average molecular weight is 616 g/mol. The number of carbonyl (C=O) groups is 5. The van der Waals surface area contributed by atoms with Gasteiger partial charge in [0.2, 0.25) is 5.91 Å². The zero-order chi connectivity index (χ0) is 30.7. The van der Waals surface area contributed by atoms with Crippen LogP contribution in [0.25, 0.3) is 10.8 Å². The van der Waals surface area contributed by atoms with Crippen LogP contribution in [0.15, 0.2) is 60.7 Å². The largest absolute Gasteiger partial charge is 0.481 e. The molecule has 3 aromatic rings. The lowest BCUT2D eigenvalue weighted by Crippen LogP contribution is -2.63. The fourth-order valence-electron chi connectivity index (χ4n) is 5.27. The molecule has 1 aliphatic rings. The number of esters is 2. The van der Waals surface area contributed by atoms with Crippen molar-refractivity contribution in [3.63, 3.8) is 0 Å². The number of carboxylic acid groups (broad SMARTS) is 2. The second-order valence-electron chi connectivity index (χ2n) is 10.1. The van der Waals surface area contributed by atoms with Gasteiger partial charge in [-0.25, -0.2) is 4.79 Å². The molecule has 3 aromatic carbocycles. The number of hydrogen-bond donors (Lipinski definition) is 3. The van der Waals surface area contributed by atoms with Gasteiger partial charge in [-0.1, -0.05) is 59.6 Å². The smallest absolute Gasteiger partial charge is 0.338 e. The first-order valence-electron chi connectivity index (χ1n) is 12.9. The van der Waals surface area contributed by atoms with Crippen molar-refractivity contribution in [2.45, 2.75) is 25.5 Å². The number of rotatable bonds is 10. The number of methoxy groups -OCH3 is 1. The Balaban J connectivity index is 1.60. The maximum absolute atomic E-state index is 13.4. The van der Waals surface area contributed by atoms with Gasteiger partial charge in [0.1, 0.15) is 6.10 Å². The Labute approximate surface area is 250 Å². The van der Waals surface area contributed by atoms with Crippen LogP contribution in [0, 0.1) is 23.7 Å². The third-order valence-electron chi connectivity index (χ3n) is 7.49. The molecular formula is C30H27Cl2NO9. The molecule has 6 atom stereocenters. The second kappa shape index (κ2) is 12.8. The molecule has 0 aliphatic heterocycles. The Bertz CT molecular complexity index is 1560. The molecule has 42 heavy (non-hydrogen) atoms. The Morgan fingerprint density at radius 1 is 0.833 bits per heavy atom. The Morgan fingerprint density at radius 2 is 1.48 bits per heavy atom. The normalized spacial score (nSPS) is 21.0. The van der Waals surface area contributed by atoms with Gasteiger partial charge in [-0.15, -0.1) is 0 Å². The van der Waals surface area contributed by atoms with Gasteiger partial charge in [0, 0.05) is 6.42 Å². The maximum Gasteiger partial charge on any atom is 0.338 e. The minimum Gasteiger partial charge on any atom is -0.481 e. The molecule has 10 nitrogen and oxygen atoms in total. The van der Waals surface area contributed by atoms with Crippen LogP contribution in [0.4, 0.5) is 0 Å². The number of carboxylic acids is 2. The molecule has 0 saturated heterocycles. The van der Waals surface area contributed by atoms with E-state index in [1.165, 1.54) is 0 Å². The van der Waals surface area contributed by atoms with E-state index >= 15 is 0 Å². The lowest BCUT2D eigenvalue weighted by Gasteiger charge is -2.45. The monoisotopic (exact) mass is 615 g/mol. The molecule has 0 unspecified atom stereocenters. The molecule has 12 heteroatoms. The number of carbonyl (C=O) groups excluding carboxylic acids is 3.